The lowest BCUT2D eigenvalue weighted by Crippen LogP contribution is -2.40. The third-order valence-electron chi connectivity index (χ3n) is 5.93. The van der Waals surface area contributed by atoms with Crippen LogP contribution in [0.25, 0.3) is 6.08 Å². The van der Waals surface area contributed by atoms with Crippen molar-refractivity contribution in [2.45, 2.75) is 19.9 Å². The van der Waals surface area contributed by atoms with Gasteiger partial charge in [-0.2, -0.15) is 0 Å². The number of aromatic nitrogens is 1. The standard InChI is InChI=1S/C27H23N3O4S/c1-16-6-4-5-7-21(16)29-25(31)23-17(2)28-27-30(24(23)19-8-10-20(33-3)11-9-19)26(32)22(35-27)14-18-12-13-34-15-18/h4-15,24H,1-3H3,(H,29,31)/b22-14-. The summed E-state index contributed by atoms with van der Waals surface area (Å²) in [6.07, 6.45) is 4.90. The minimum absolute atomic E-state index is 0.218. The molecule has 1 aliphatic rings. The molecule has 35 heavy (non-hydrogen) atoms. The van der Waals surface area contributed by atoms with Gasteiger partial charge in [-0.1, -0.05) is 41.7 Å². The molecule has 4 aromatic rings. The molecule has 5 rings (SSSR count). The number of hydrogen-bond acceptors (Lipinski definition) is 6. The van der Waals surface area contributed by atoms with Gasteiger partial charge in [-0.15, -0.1) is 0 Å². The molecule has 0 spiro atoms. The SMILES string of the molecule is COc1ccc(C2C(C(=O)Nc3ccccc3C)=C(C)N=c3s/c(=C\c4ccoc4)c(=O)n32)cc1. The summed E-state index contributed by atoms with van der Waals surface area (Å²) >= 11 is 1.29. The maximum Gasteiger partial charge on any atom is 0.271 e. The second-order valence-corrected chi connectivity index (χ2v) is 9.19. The van der Waals surface area contributed by atoms with E-state index in [1.54, 1.807) is 43.3 Å². The van der Waals surface area contributed by atoms with Crippen LogP contribution in [0.2, 0.25) is 0 Å². The zero-order valence-electron chi connectivity index (χ0n) is 19.4. The third-order valence-corrected chi connectivity index (χ3v) is 6.92. The first kappa shape index (κ1) is 22.6. The molecule has 0 radical (unpaired) electrons. The van der Waals surface area contributed by atoms with Crippen molar-refractivity contribution in [2.24, 2.45) is 4.99 Å². The van der Waals surface area contributed by atoms with E-state index in [4.69, 9.17) is 9.15 Å². The van der Waals surface area contributed by atoms with E-state index in [1.807, 2.05) is 55.5 Å². The molecule has 7 nitrogen and oxygen atoms in total. The third kappa shape index (κ3) is 4.24. The van der Waals surface area contributed by atoms with Gasteiger partial charge in [0.1, 0.15) is 5.75 Å². The average Bonchev–Trinajstić information content (AvgIpc) is 3.48. The van der Waals surface area contributed by atoms with Crippen LogP contribution >= 0.6 is 11.3 Å². The van der Waals surface area contributed by atoms with Gasteiger partial charge in [0, 0.05) is 11.3 Å². The van der Waals surface area contributed by atoms with Crippen LogP contribution in [-0.2, 0) is 4.79 Å². The van der Waals surface area contributed by atoms with Gasteiger partial charge in [0.05, 0.1) is 41.5 Å². The molecule has 0 bridgehead atoms. The molecule has 176 valence electrons. The molecule has 1 atom stereocenters. The van der Waals surface area contributed by atoms with Crippen molar-refractivity contribution >= 4 is 29.0 Å². The number of amides is 1. The van der Waals surface area contributed by atoms with E-state index in [9.17, 15) is 9.59 Å². The number of rotatable bonds is 5. The van der Waals surface area contributed by atoms with Crippen LogP contribution in [0.15, 0.2) is 92.6 Å². The van der Waals surface area contributed by atoms with E-state index in [0.717, 1.165) is 16.7 Å². The van der Waals surface area contributed by atoms with Crippen LogP contribution in [0, 0.1) is 6.92 Å². The molecule has 1 unspecified atom stereocenters. The highest BCUT2D eigenvalue weighted by atomic mass is 32.1. The van der Waals surface area contributed by atoms with Crippen molar-refractivity contribution in [3.05, 3.63) is 115 Å². The minimum Gasteiger partial charge on any atom is -0.497 e. The molecule has 2 aromatic carbocycles. The maximum atomic E-state index is 13.6. The van der Waals surface area contributed by atoms with Gasteiger partial charge < -0.3 is 14.5 Å². The van der Waals surface area contributed by atoms with Crippen LogP contribution < -0.4 is 24.9 Å². The largest absolute Gasteiger partial charge is 0.497 e. The molecule has 0 fully saturated rings. The van der Waals surface area contributed by atoms with E-state index in [2.05, 4.69) is 10.3 Å². The molecular formula is C27H23N3O4S. The second-order valence-electron chi connectivity index (χ2n) is 8.18. The Morgan fingerprint density at radius 1 is 1.14 bits per heavy atom. The number of carbonyl (C=O) groups excluding carboxylic acids is 1. The Bertz CT molecular complexity index is 1610. The number of nitrogens with zero attached hydrogens (tertiary/aromatic N) is 2. The summed E-state index contributed by atoms with van der Waals surface area (Å²) in [5.74, 6) is 0.387. The number of furan rings is 1. The number of methoxy groups -OCH3 is 1. The highest BCUT2D eigenvalue weighted by molar-refractivity contribution is 7.07. The quantitative estimate of drug-likeness (QED) is 0.466. The Hall–Kier alpha value is -4.17. The lowest BCUT2D eigenvalue weighted by molar-refractivity contribution is -0.113. The van der Waals surface area contributed by atoms with E-state index >= 15 is 0 Å². The van der Waals surface area contributed by atoms with Crippen LogP contribution in [-0.4, -0.2) is 17.6 Å². The Morgan fingerprint density at radius 3 is 2.60 bits per heavy atom. The van der Waals surface area contributed by atoms with Crippen LogP contribution in [0.4, 0.5) is 5.69 Å². The van der Waals surface area contributed by atoms with Crippen molar-refractivity contribution in [3.8, 4) is 5.75 Å². The fourth-order valence-corrected chi connectivity index (χ4v) is 5.17. The first-order valence-electron chi connectivity index (χ1n) is 11.0. The number of carbonyl (C=O) groups is 1. The lowest BCUT2D eigenvalue weighted by Gasteiger charge is -2.25. The number of aryl methyl sites for hydroxylation is 1. The van der Waals surface area contributed by atoms with E-state index in [-0.39, 0.29) is 11.5 Å². The van der Waals surface area contributed by atoms with Crippen molar-refractivity contribution in [3.63, 3.8) is 0 Å². The Labute approximate surface area is 205 Å². The van der Waals surface area contributed by atoms with Crippen molar-refractivity contribution < 1.29 is 13.9 Å². The van der Waals surface area contributed by atoms with E-state index in [1.165, 1.54) is 11.3 Å². The van der Waals surface area contributed by atoms with Gasteiger partial charge in [0.15, 0.2) is 4.80 Å². The first-order chi connectivity index (χ1) is 17.0. The smallest absolute Gasteiger partial charge is 0.271 e. The summed E-state index contributed by atoms with van der Waals surface area (Å²) in [7, 11) is 1.60. The highest BCUT2D eigenvalue weighted by Gasteiger charge is 2.32. The molecular weight excluding hydrogens is 462 g/mol. The van der Waals surface area contributed by atoms with Crippen molar-refractivity contribution in [2.75, 3.05) is 12.4 Å². The molecule has 0 saturated carbocycles. The summed E-state index contributed by atoms with van der Waals surface area (Å²) in [6.45, 7) is 3.74. The average molecular weight is 486 g/mol. The number of allylic oxidation sites excluding steroid dienone is 1. The molecule has 0 aliphatic carbocycles. The molecule has 1 aliphatic heterocycles. The van der Waals surface area contributed by atoms with Crippen LogP contribution in [0.5, 0.6) is 5.75 Å². The van der Waals surface area contributed by atoms with Gasteiger partial charge in [-0.25, -0.2) is 4.99 Å². The van der Waals surface area contributed by atoms with Crippen LogP contribution in [0.3, 0.4) is 0 Å². The van der Waals surface area contributed by atoms with E-state index in [0.29, 0.717) is 32.0 Å². The summed E-state index contributed by atoms with van der Waals surface area (Å²) in [5, 5.41) is 3.01. The summed E-state index contributed by atoms with van der Waals surface area (Å²) in [4.78, 5) is 32.4. The van der Waals surface area contributed by atoms with Crippen molar-refractivity contribution in [1.29, 1.82) is 0 Å². The molecule has 3 heterocycles. The molecule has 1 N–H and O–H groups in total. The number of ether oxygens (including phenoxy) is 1. The number of benzene rings is 2. The Morgan fingerprint density at radius 2 is 1.91 bits per heavy atom. The monoisotopic (exact) mass is 485 g/mol. The predicted molar refractivity (Wildman–Crippen MR) is 135 cm³/mol. The highest BCUT2D eigenvalue weighted by Crippen LogP contribution is 2.32. The zero-order valence-corrected chi connectivity index (χ0v) is 20.3. The van der Waals surface area contributed by atoms with Gasteiger partial charge in [-0.3, -0.25) is 14.2 Å². The first-order valence-corrected chi connectivity index (χ1v) is 11.8. The molecule has 8 heteroatoms. The molecule has 2 aromatic heterocycles. The minimum atomic E-state index is -0.646. The van der Waals surface area contributed by atoms with Gasteiger partial charge in [0.2, 0.25) is 0 Å². The summed E-state index contributed by atoms with van der Waals surface area (Å²) < 4.78 is 12.6. The Kier molecular flexibility index (Phi) is 5.96. The number of anilines is 1. The maximum absolute atomic E-state index is 13.6. The summed E-state index contributed by atoms with van der Waals surface area (Å²) in [5.41, 5.74) is 3.98. The number of para-hydroxylation sites is 1. The van der Waals surface area contributed by atoms with E-state index < -0.39 is 6.04 Å². The zero-order chi connectivity index (χ0) is 24.5. The number of nitrogens with one attached hydrogen (secondary N) is 1. The number of thiazole rings is 1. The van der Waals surface area contributed by atoms with Gasteiger partial charge in [-0.05, 0) is 55.3 Å². The van der Waals surface area contributed by atoms with Crippen molar-refractivity contribution in [1.82, 2.24) is 4.57 Å². The van der Waals surface area contributed by atoms with Crippen LogP contribution in [0.1, 0.15) is 29.7 Å². The summed E-state index contributed by atoms with van der Waals surface area (Å²) in [6, 6.07) is 16.1. The molecule has 1 amide bonds. The number of hydrogen-bond donors (Lipinski definition) is 1. The lowest BCUT2D eigenvalue weighted by atomic mass is 9.95. The topological polar surface area (TPSA) is 85.8 Å². The fraction of sp³-hybridized carbons (Fsp3) is 0.148. The second kappa shape index (κ2) is 9.23. The van der Waals surface area contributed by atoms with Gasteiger partial charge in [0.25, 0.3) is 11.5 Å². The molecule has 0 saturated heterocycles. The fourth-order valence-electron chi connectivity index (χ4n) is 4.12. The predicted octanol–water partition coefficient (Wildman–Crippen LogP) is 3.78. The van der Waals surface area contributed by atoms with Gasteiger partial charge >= 0.3 is 0 Å². The number of fused-ring (bicyclic) bond motifs is 1. The normalized spacial score (nSPS) is 15.5. The Balaban J connectivity index is 1.68.